The lowest BCUT2D eigenvalue weighted by atomic mass is 9.93. The fourth-order valence-corrected chi connectivity index (χ4v) is 3.63. The van der Waals surface area contributed by atoms with Crippen LogP contribution < -0.4 is 10.6 Å². The van der Waals surface area contributed by atoms with Crippen LogP contribution in [0.3, 0.4) is 0 Å². The van der Waals surface area contributed by atoms with Crippen LogP contribution in [-0.2, 0) is 9.84 Å². The van der Waals surface area contributed by atoms with Gasteiger partial charge in [-0.2, -0.15) is 0 Å². The average molecular weight is 296 g/mol. The Morgan fingerprint density at radius 3 is 2.45 bits per heavy atom. The van der Waals surface area contributed by atoms with Crippen molar-refractivity contribution < 1.29 is 8.42 Å². The molecule has 0 saturated carbocycles. The molecule has 2 atom stereocenters. The van der Waals surface area contributed by atoms with E-state index in [1.54, 1.807) is 19.1 Å². The van der Waals surface area contributed by atoms with Crippen molar-refractivity contribution in [2.75, 3.05) is 23.7 Å². The molecule has 4 nitrogen and oxygen atoms in total. The summed E-state index contributed by atoms with van der Waals surface area (Å²) in [5.41, 5.74) is 6.87. The molecule has 20 heavy (non-hydrogen) atoms. The minimum Gasteiger partial charge on any atom is -0.369 e. The van der Waals surface area contributed by atoms with Gasteiger partial charge in [0, 0.05) is 18.3 Å². The highest BCUT2D eigenvalue weighted by atomic mass is 32.2. The second-order valence-electron chi connectivity index (χ2n) is 5.58. The number of hydrogen-bond donors (Lipinski definition) is 1. The van der Waals surface area contributed by atoms with E-state index in [2.05, 4.69) is 11.8 Å². The summed E-state index contributed by atoms with van der Waals surface area (Å²) >= 11 is 0. The van der Waals surface area contributed by atoms with E-state index < -0.39 is 9.84 Å². The van der Waals surface area contributed by atoms with Gasteiger partial charge in [-0.15, -0.1) is 0 Å². The SMILES string of the molecule is CCS(=O)(=O)c1ccc(N2CC(CN)CCC2C)cc1. The predicted octanol–water partition coefficient (Wildman–Crippen LogP) is 2.04. The quantitative estimate of drug-likeness (QED) is 0.923. The number of nitrogens with two attached hydrogens (primary N) is 1. The van der Waals surface area contributed by atoms with Crippen LogP contribution in [0, 0.1) is 5.92 Å². The van der Waals surface area contributed by atoms with Gasteiger partial charge in [0.05, 0.1) is 10.6 Å². The molecule has 1 aromatic rings. The number of nitrogens with zero attached hydrogens (tertiary/aromatic N) is 1. The van der Waals surface area contributed by atoms with Crippen molar-refractivity contribution in [3.63, 3.8) is 0 Å². The number of piperidine rings is 1. The molecule has 1 aliphatic heterocycles. The van der Waals surface area contributed by atoms with Crippen LogP contribution in [0.2, 0.25) is 0 Å². The van der Waals surface area contributed by atoms with Crippen LogP contribution in [0.25, 0.3) is 0 Å². The Kier molecular flexibility index (Phi) is 4.70. The van der Waals surface area contributed by atoms with E-state index in [0.29, 0.717) is 23.4 Å². The number of rotatable bonds is 4. The highest BCUT2D eigenvalue weighted by molar-refractivity contribution is 7.91. The van der Waals surface area contributed by atoms with Crippen LogP contribution in [0.1, 0.15) is 26.7 Å². The summed E-state index contributed by atoms with van der Waals surface area (Å²) in [5.74, 6) is 0.673. The van der Waals surface area contributed by atoms with Gasteiger partial charge < -0.3 is 10.6 Å². The number of benzene rings is 1. The molecule has 1 aromatic carbocycles. The van der Waals surface area contributed by atoms with E-state index in [1.807, 2.05) is 12.1 Å². The van der Waals surface area contributed by atoms with E-state index in [0.717, 1.165) is 18.7 Å². The van der Waals surface area contributed by atoms with Gasteiger partial charge >= 0.3 is 0 Å². The maximum Gasteiger partial charge on any atom is 0.178 e. The highest BCUT2D eigenvalue weighted by Crippen LogP contribution is 2.28. The molecule has 2 N–H and O–H groups in total. The summed E-state index contributed by atoms with van der Waals surface area (Å²) in [6, 6.07) is 7.74. The first-order valence-electron chi connectivity index (χ1n) is 7.27. The lowest BCUT2D eigenvalue weighted by Crippen LogP contribution is -2.43. The Labute approximate surface area is 121 Å². The minimum absolute atomic E-state index is 0.141. The summed E-state index contributed by atoms with van der Waals surface area (Å²) in [6.45, 7) is 5.55. The largest absolute Gasteiger partial charge is 0.369 e. The molecule has 0 radical (unpaired) electrons. The third-order valence-corrected chi connectivity index (χ3v) is 5.97. The third kappa shape index (κ3) is 3.15. The topological polar surface area (TPSA) is 63.4 Å². The lowest BCUT2D eigenvalue weighted by molar-refractivity contribution is 0.374. The van der Waals surface area contributed by atoms with Gasteiger partial charge in [0.25, 0.3) is 0 Å². The van der Waals surface area contributed by atoms with E-state index in [1.165, 1.54) is 6.42 Å². The normalized spacial score (nSPS) is 23.9. The second kappa shape index (κ2) is 6.14. The molecule has 1 saturated heterocycles. The Hall–Kier alpha value is -1.07. The van der Waals surface area contributed by atoms with E-state index in [4.69, 9.17) is 5.73 Å². The molecule has 0 aliphatic carbocycles. The lowest BCUT2D eigenvalue weighted by Gasteiger charge is -2.39. The molecule has 1 heterocycles. The molecule has 0 spiro atoms. The van der Waals surface area contributed by atoms with Crippen LogP contribution >= 0.6 is 0 Å². The predicted molar refractivity (Wildman–Crippen MR) is 82.8 cm³/mol. The molecular weight excluding hydrogens is 272 g/mol. The number of sulfone groups is 1. The Bertz CT molecular complexity index is 539. The number of hydrogen-bond acceptors (Lipinski definition) is 4. The van der Waals surface area contributed by atoms with Crippen molar-refractivity contribution in [2.24, 2.45) is 11.7 Å². The van der Waals surface area contributed by atoms with Crippen LogP contribution in [0.5, 0.6) is 0 Å². The zero-order chi connectivity index (χ0) is 14.8. The molecule has 0 bridgehead atoms. The van der Waals surface area contributed by atoms with E-state index >= 15 is 0 Å². The van der Waals surface area contributed by atoms with E-state index in [9.17, 15) is 8.42 Å². The van der Waals surface area contributed by atoms with Crippen molar-refractivity contribution in [1.82, 2.24) is 0 Å². The Morgan fingerprint density at radius 1 is 1.25 bits per heavy atom. The van der Waals surface area contributed by atoms with Crippen molar-refractivity contribution in [1.29, 1.82) is 0 Å². The van der Waals surface area contributed by atoms with Gasteiger partial charge in [-0.25, -0.2) is 8.42 Å². The van der Waals surface area contributed by atoms with Crippen molar-refractivity contribution >= 4 is 15.5 Å². The smallest absolute Gasteiger partial charge is 0.178 e. The van der Waals surface area contributed by atoms with Crippen LogP contribution in [-0.4, -0.2) is 33.3 Å². The Balaban J connectivity index is 2.21. The average Bonchev–Trinajstić information content (AvgIpc) is 2.48. The molecule has 2 unspecified atom stereocenters. The zero-order valence-electron chi connectivity index (χ0n) is 12.2. The van der Waals surface area contributed by atoms with Crippen LogP contribution in [0.15, 0.2) is 29.2 Å². The van der Waals surface area contributed by atoms with Crippen molar-refractivity contribution in [3.8, 4) is 0 Å². The molecule has 2 rings (SSSR count). The maximum absolute atomic E-state index is 11.8. The van der Waals surface area contributed by atoms with Gasteiger partial charge in [-0.3, -0.25) is 0 Å². The standard InChI is InChI=1S/C15H24N2O2S/c1-3-20(18,19)15-8-6-14(7-9-15)17-11-13(10-16)5-4-12(17)2/h6-9,12-13H,3-5,10-11,16H2,1-2H3. The number of anilines is 1. The third-order valence-electron chi connectivity index (χ3n) is 4.22. The fraction of sp³-hybridized carbons (Fsp3) is 0.600. The van der Waals surface area contributed by atoms with E-state index in [-0.39, 0.29) is 5.75 Å². The molecule has 5 heteroatoms. The zero-order valence-corrected chi connectivity index (χ0v) is 13.1. The molecule has 1 fully saturated rings. The maximum atomic E-state index is 11.8. The van der Waals surface area contributed by atoms with Crippen molar-refractivity contribution in [3.05, 3.63) is 24.3 Å². The highest BCUT2D eigenvalue weighted by Gasteiger charge is 2.25. The first kappa shape index (κ1) is 15.3. The molecule has 1 aliphatic rings. The molecule has 0 amide bonds. The first-order valence-corrected chi connectivity index (χ1v) is 8.92. The summed E-state index contributed by atoms with van der Waals surface area (Å²) in [7, 11) is -3.11. The summed E-state index contributed by atoms with van der Waals surface area (Å²) in [5, 5.41) is 0. The van der Waals surface area contributed by atoms with Crippen LogP contribution in [0.4, 0.5) is 5.69 Å². The first-order chi connectivity index (χ1) is 9.47. The summed E-state index contributed by atoms with van der Waals surface area (Å²) in [6.07, 6.45) is 2.31. The fourth-order valence-electron chi connectivity index (χ4n) is 2.75. The molecule has 112 valence electrons. The summed E-state index contributed by atoms with van der Waals surface area (Å²) in [4.78, 5) is 2.74. The van der Waals surface area contributed by atoms with Gasteiger partial charge in [0.2, 0.25) is 0 Å². The van der Waals surface area contributed by atoms with Gasteiger partial charge in [0.15, 0.2) is 9.84 Å². The second-order valence-corrected chi connectivity index (χ2v) is 7.86. The van der Waals surface area contributed by atoms with Crippen molar-refractivity contribution in [2.45, 2.75) is 37.6 Å². The van der Waals surface area contributed by atoms with Gasteiger partial charge in [0.1, 0.15) is 0 Å². The van der Waals surface area contributed by atoms with Gasteiger partial charge in [-0.05, 0) is 56.5 Å². The minimum atomic E-state index is -3.11. The Morgan fingerprint density at radius 2 is 1.90 bits per heavy atom. The van der Waals surface area contributed by atoms with Gasteiger partial charge in [-0.1, -0.05) is 6.92 Å². The monoisotopic (exact) mass is 296 g/mol. The molecule has 0 aromatic heterocycles. The molecular formula is C15H24N2O2S. The summed E-state index contributed by atoms with van der Waals surface area (Å²) < 4.78 is 23.6.